The summed E-state index contributed by atoms with van der Waals surface area (Å²) in [6, 6.07) is 15.7. The fourth-order valence-corrected chi connectivity index (χ4v) is 3.50. The average Bonchev–Trinajstić information content (AvgIpc) is 2.65. The number of nitrogens with one attached hydrogen (secondary N) is 3. The Balaban J connectivity index is 1.57. The molecule has 7 heteroatoms. The highest BCUT2D eigenvalue weighted by Gasteiger charge is 2.39. The van der Waals surface area contributed by atoms with Gasteiger partial charge in [0.15, 0.2) is 5.84 Å². The van der Waals surface area contributed by atoms with Crippen LogP contribution in [0, 0.1) is 0 Å². The second-order valence-electron chi connectivity index (χ2n) is 6.66. The standard InChI is InChI=1S/C19H19N5O2/c25-19-18(12-4-2-1-3-5-12)24-15-8-13(21-14-9-20-10-14)6-7-16(15)26-11-17(24)22-23-19/h1-8,14,18,20-21H,9-11H2,(H,23,25). The van der Waals surface area contributed by atoms with Gasteiger partial charge in [0, 0.05) is 18.8 Å². The van der Waals surface area contributed by atoms with Crippen molar-refractivity contribution in [3.63, 3.8) is 0 Å². The molecule has 5 rings (SSSR count). The van der Waals surface area contributed by atoms with E-state index in [2.05, 4.69) is 21.2 Å². The van der Waals surface area contributed by atoms with Crippen molar-refractivity contribution in [3.05, 3.63) is 54.1 Å². The lowest BCUT2D eigenvalue weighted by molar-refractivity contribution is -0.122. The number of nitrogens with zero attached hydrogens (tertiary/aromatic N) is 2. The minimum Gasteiger partial charge on any atom is -0.483 e. The fourth-order valence-electron chi connectivity index (χ4n) is 3.50. The third-order valence-corrected chi connectivity index (χ3v) is 4.92. The van der Waals surface area contributed by atoms with Gasteiger partial charge in [-0.3, -0.25) is 4.79 Å². The van der Waals surface area contributed by atoms with E-state index in [-0.39, 0.29) is 5.91 Å². The van der Waals surface area contributed by atoms with Crippen LogP contribution in [0.4, 0.5) is 11.4 Å². The van der Waals surface area contributed by atoms with E-state index in [0.717, 1.165) is 35.8 Å². The number of amidine groups is 1. The van der Waals surface area contributed by atoms with Gasteiger partial charge >= 0.3 is 0 Å². The lowest BCUT2D eigenvalue weighted by atomic mass is 10.0. The van der Waals surface area contributed by atoms with E-state index in [4.69, 9.17) is 4.74 Å². The highest BCUT2D eigenvalue weighted by molar-refractivity contribution is 6.09. The van der Waals surface area contributed by atoms with Gasteiger partial charge in [-0.2, -0.15) is 5.10 Å². The molecule has 132 valence electrons. The first-order chi connectivity index (χ1) is 12.8. The Morgan fingerprint density at radius 2 is 2.00 bits per heavy atom. The van der Waals surface area contributed by atoms with E-state index < -0.39 is 6.04 Å². The van der Waals surface area contributed by atoms with Gasteiger partial charge in [-0.1, -0.05) is 30.3 Å². The number of hydrazone groups is 1. The zero-order valence-electron chi connectivity index (χ0n) is 14.1. The van der Waals surface area contributed by atoms with Crippen molar-refractivity contribution < 1.29 is 9.53 Å². The van der Waals surface area contributed by atoms with E-state index in [1.165, 1.54) is 0 Å². The Morgan fingerprint density at radius 1 is 1.15 bits per heavy atom. The number of hydrogen-bond acceptors (Lipinski definition) is 6. The molecule has 1 fully saturated rings. The Morgan fingerprint density at radius 3 is 2.77 bits per heavy atom. The van der Waals surface area contributed by atoms with Crippen LogP contribution in [0.2, 0.25) is 0 Å². The highest BCUT2D eigenvalue weighted by Crippen LogP contribution is 2.40. The fraction of sp³-hybridized carbons (Fsp3) is 0.263. The number of benzene rings is 2. The van der Waals surface area contributed by atoms with Gasteiger partial charge in [0.05, 0.1) is 11.7 Å². The molecule has 7 nitrogen and oxygen atoms in total. The SMILES string of the molecule is O=C1NN=C2COc3ccc(NC4CNC4)cc3N2C1c1ccccc1. The molecule has 2 aromatic carbocycles. The number of rotatable bonds is 3. The van der Waals surface area contributed by atoms with Gasteiger partial charge in [-0.05, 0) is 23.8 Å². The van der Waals surface area contributed by atoms with Gasteiger partial charge in [0.25, 0.3) is 5.91 Å². The number of carbonyl (C=O) groups excluding carboxylic acids is 1. The van der Waals surface area contributed by atoms with Crippen LogP contribution in [-0.4, -0.2) is 37.5 Å². The maximum absolute atomic E-state index is 12.7. The molecule has 0 aliphatic carbocycles. The molecule has 3 aliphatic heterocycles. The van der Waals surface area contributed by atoms with E-state index in [0.29, 0.717) is 18.5 Å². The topological polar surface area (TPSA) is 78.0 Å². The molecule has 1 amide bonds. The molecule has 2 aromatic rings. The van der Waals surface area contributed by atoms with Gasteiger partial charge < -0.3 is 20.3 Å². The van der Waals surface area contributed by atoms with E-state index in [9.17, 15) is 4.79 Å². The highest BCUT2D eigenvalue weighted by atomic mass is 16.5. The van der Waals surface area contributed by atoms with E-state index in [1.807, 2.05) is 53.4 Å². The molecular weight excluding hydrogens is 330 g/mol. The molecule has 3 N–H and O–H groups in total. The summed E-state index contributed by atoms with van der Waals surface area (Å²) in [7, 11) is 0. The van der Waals surface area contributed by atoms with Gasteiger partial charge in [0.2, 0.25) is 0 Å². The van der Waals surface area contributed by atoms with Crippen LogP contribution in [0.5, 0.6) is 5.75 Å². The summed E-state index contributed by atoms with van der Waals surface area (Å²) in [6.45, 7) is 2.24. The van der Waals surface area contributed by atoms with Crippen LogP contribution in [0.1, 0.15) is 11.6 Å². The largest absolute Gasteiger partial charge is 0.483 e. The maximum atomic E-state index is 12.7. The van der Waals surface area contributed by atoms with Crippen molar-refractivity contribution in [2.75, 3.05) is 29.9 Å². The number of anilines is 2. The van der Waals surface area contributed by atoms with Crippen molar-refractivity contribution >= 4 is 23.1 Å². The van der Waals surface area contributed by atoms with E-state index in [1.54, 1.807) is 0 Å². The van der Waals surface area contributed by atoms with Crippen LogP contribution < -0.4 is 25.7 Å². The second-order valence-corrected chi connectivity index (χ2v) is 6.66. The van der Waals surface area contributed by atoms with Crippen LogP contribution in [0.25, 0.3) is 0 Å². The summed E-state index contributed by atoms with van der Waals surface area (Å²) in [4.78, 5) is 14.6. The lowest BCUT2D eigenvalue weighted by Crippen LogP contribution is -2.52. The molecule has 1 unspecified atom stereocenters. The monoisotopic (exact) mass is 349 g/mol. The van der Waals surface area contributed by atoms with Crippen LogP contribution in [0.15, 0.2) is 53.6 Å². The van der Waals surface area contributed by atoms with Crippen molar-refractivity contribution in [1.29, 1.82) is 0 Å². The molecule has 0 aromatic heterocycles. The molecule has 3 heterocycles. The Hall–Kier alpha value is -3.06. The predicted octanol–water partition coefficient (Wildman–Crippen LogP) is 1.45. The van der Waals surface area contributed by atoms with Gasteiger partial charge in [-0.15, -0.1) is 0 Å². The van der Waals surface area contributed by atoms with Crippen LogP contribution >= 0.6 is 0 Å². The Labute approximate surface area is 151 Å². The summed E-state index contributed by atoms with van der Waals surface area (Å²) in [5.41, 5.74) is 5.42. The van der Waals surface area contributed by atoms with Crippen molar-refractivity contribution in [1.82, 2.24) is 10.7 Å². The zero-order valence-corrected chi connectivity index (χ0v) is 14.1. The van der Waals surface area contributed by atoms with Crippen molar-refractivity contribution in [3.8, 4) is 5.75 Å². The molecule has 3 aliphatic rings. The number of carbonyl (C=O) groups is 1. The minimum absolute atomic E-state index is 0.144. The number of ether oxygens (including phenoxy) is 1. The number of amides is 1. The molecule has 0 spiro atoms. The maximum Gasteiger partial charge on any atom is 0.267 e. The van der Waals surface area contributed by atoms with Crippen molar-refractivity contribution in [2.24, 2.45) is 5.10 Å². The number of hydrogen-bond donors (Lipinski definition) is 3. The molecule has 26 heavy (non-hydrogen) atoms. The van der Waals surface area contributed by atoms with E-state index >= 15 is 0 Å². The summed E-state index contributed by atoms with van der Waals surface area (Å²) in [5.74, 6) is 1.32. The number of fused-ring (bicyclic) bond motifs is 3. The van der Waals surface area contributed by atoms with Crippen LogP contribution in [-0.2, 0) is 4.79 Å². The first-order valence-electron chi connectivity index (χ1n) is 8.74. The summed E-state index contributed by atoms with van der Waals surface area (Å²) in [5, 5.41) is 11.0. The third-order valence-electron chi connectivity index (χ3n) is 4.92. The van der Waals surface area contributed by atoms with Gasteiger partial charge in [-0.25, -0.2) is 5.43 Å². The molecule has 1 saturated heterocycles. The zero-order chi connectivity index (χ0) is 17.5. The second kappa shape index (κ2) is 6.03. The Kier molecular flexibility index (Phi) is 3.53. The van der Waals surface area contributed by atoms with Crippen molar-refractivity contribution in [2.45, 2.75) is 12.1 Å². The third kappa shape index (κ3) is 2.48. The summed E-state index contributed by atoms with van der Waals surface area (Å²) in [6.07, 6.45) is 0. The molecule has 0 bridgehead atoms. The predicted molar refractivity (Wildman–Crippen MR) is 99.5 cm³/mol. The Bertz CT molecular complexity index is 879. The first kappa shape index (κ1) is 15.2. The molecule has 0 radical (unpaired) electrons. The smallest absolute Gasteiger partial charge is 0.267 e. The molecule has 1 atom stereocenters. The lowest BCUT2D eigenvalue weighted by Gasteiger charge is -2.40. The first-order valence-corrected chi connectivity index (χ1v) is 8.74. The van der Waals surface area contributed by atoms with Crippen LogP contribution in [0.3, 0.4) is 0 Å². The minimum atomic E-state index is -0.466. The summed E-state index contributed by atoms with van der Waals surface area (Å²) < 4.78 is 5.85. The molecular formula is C19H19N5O2. The van der Waals surface area contributed by atoms with Gasteiger partial charge in [0.1, 0.15) is 18.4 Å². The summed E-state index contributed by atoms with van der Waals surface area (Å²) >= 11 is 0. The quantitative estimate of drug-likeness (QED) is 0.782. The normalized spacial score (nSPS) is 21.5. The molecule has 0 saturated carbocycles. The average molecular weight is 349 g/mol.